The van der Waals surface area contributed by atoms with Crippen molar-refractivity contribution in [1.82, 2.24) is 20.2 Å². The molecule has 0 spiro atoms. The van der Waals surface area contributed by atoms with E-state index in [9.17, 15) is 9.59 Å². The van der Waals surface area contributed by atoms with Crippen LogP contribution in [-0.2, 0) is 4.79 Å². The van der Waals surface area contributed by atoms with Gasteiger partial charge in [0.25, 0.3) is 5.91 Å². The highest BCUT2D eigenvalue weighted by Crippen LogP contribution is 2.37. The summed E-state index contributed by atoms with van der Waals surface area (Å²) in [5, 5.41) is 6.51. The minimum absolute atomic E-state index is 0.0645. The van der Waals surface area contributed by atoms with E-state index < -0.39 is 0 Å². The number of hydrogen-bond acceptors (Lipinski definition) is 8. The van der Waals surface area contributed by atoms with E-state index in [1.165, 1.54) is 32.1 Å². The Labute approximate surface area is 237 Å². The van der Waals surface area contributed by atoms with Crippen molar-refractivity contribution < 1.29 is 14.3 Å². The normalized spacial score (nSPS) is 18.9. The van der Waals surface area contributed by atoms with Gasteiger partial charge < -0.3 is 30.1 Å². The Morgan fingerprint density at radius 2 is 1.85 bits per heavy atom. The summed E-state index contributed by atoms with van der Waals surface area (Å²) < 4.78 is 5.60. The van der Waals surface area contributed by atoms with Gasteiger partial charge in [0.2, 0.25) is 11.9 Å². The summed E-state index contributed by atoms with van der Waals surface area (Å²) >= 11 is 0. The van der Waals surface area contributed by atoms with Gasteiger partial charge in [-0.25, -0.2) is 4.98 Å². The molecule has 2 aliphatic heterocycles. The fourth-order valence-corrected chi connectivity index (χ4v) is 6.23. The third-order valence-electron chi connectivity index (χ3n) is 8.32. The first-order valence-corrected chi connectivity index (χ1v) is 14.6. The fraction of sp³-hybridized carbons (Fsp3) is 0.600. The first kappa shape index (κ1) is 28.1. The number of likely N-dealkylation sites (tertiary alicyclic amines) is 1. The average molecular weight is 550 g/mol. The van der Waals surface area contributed by atoms with E-state index in [0.717, 1.165) is 44.0 Å². The number of carbonyl (C=O) groups excluding carboxylic acids is 2. The van der Waals surface area contributed by atoms with Crippen molar-refractivity contribution in [1.29, 1.82) is 0 Å². The van der Waals surface area contributed by atoms with E-state index in [2.05, 4.69) is 39.3 Å². The molecule has 0 atom stereocenters. The molecule has 0 unspecified atom stereocenters. The number of rotatable bonds is 8. The summed E-state index contributed by atoms with van der Waals surface area (Å²) in [5.41, 5.74) is 1.49. The monoisotopic (exact) mass is 549 g/mol. The third-order valence-corrected chi connectivity index (χ3v) is 8.32. The van der Waals surface area contributed by atoms with Crippen molar-refractivity contribution in [2.24, 2.45) is 0 Å². The van der Waals surface area contributed by atoms with Crippen molar-refractivity contribution in [3.63, 3.8) is 0 Å². The van der Waals surface area contributed by atoms with Crippen LogP contribution in [0.25, 0.3) is 0 Å². The summed E-state index contributed by atoms with van der Waals surface area (Å²) in [6, 6.07) is 5.71. The smallest absolute Gasteiger partial charge is 0.251 e. The number of hydrogen-bond donors (Lipinski definition) is 2. The summed E-state index contributed by atoms with van der Waals surface area (Å²) in [4.78, 5) is 41.8. The highest BCUT2D eigenvalue weighted by Gasteiger charge is 2.32. The van der Waals surface area contributed by atoms with E-state index in [4.69, 9.17) is 9.72 Å². The maximum Gasteiger partial charge on any atom is 0.251 e. The van der Waals surface area contributed by atoms with Gasteiger partial charge in [-0.05, 0) is 70.8 Å². The summed E-state index contributed by atoms with van der Waals surface area (Å²) in [5.74, 6) is 1.68. The topological polar surface area (TPSA) is 103 Å². The van der Waals surface area contributed by atoms with Crippen LogP contribution in [0.3, 0.4) is 0 Å². The largest absolute Gasteiger partial charge is 0.495 e. The summed E-state index contributed by atoms with van der Waals surface area (Å²) in [6.45, 7) is 7.77. The Hall–Kier alpha value is -3.40. The lowest BCUT2D eigenvalue weighted by molar-refractivity contribution is -0.118. The standard InChI is InChI=1S/C30H43N7O3/c1-30(2,20-36-15-8-5-9-16-36)34-28(39)21-12-13-25(40-4)23(18-21)32-29-31-19-24-27(33-29)37(22-10-6-7-11-22)17-14-26(38)35(24)3/h12-13,18-19,22H,5-11,14-17,20H2,1-4H3,(H,34,39)(H,31,32,33). The number of methoxy groups -OCH3 is 1. The first-order chi connectivity index (χ1) is 19.2. The molecule has 2 fully saturated rings. The van der Waals surface area contributed by atoms with Crippen molar-refractivity contribution in [3.05, 3.63) is 30.0 Å². The Morgan fingerprint density at radius 3 is 2.58 bits per heavy atom. The molecule has 1 aromatic heterocycles. The maximum absolute atomic E-state index is 13.3. The Morgan fingerprint density at radius 1 is 1.10 bits per heavy atom. The summed E-state index contributed by atoms with van der Waals surface area (Å²) in [6.07, 6.45) is 10.5. The Kier molecular flexibility index (Phi) is 8.44. The minimum Gasteiger partial charge on any atom is -0.495 e. The molecular weight excluding hydrogens is 506 g/mol. The van der Waals surface area contributed by atoms with E-state index in [0.29, 0.717) is 42.0 Å². The fourth-order valence-electron chi connectivity index (χ4n) is 6.23. The second-order valence-electron chi connectivity index (χ2n) is 12.0. The summed E-state index contributed by atoms with van der Waals surface area (Å²) in [7, 11) is 3.38. The number of fused-ring (bicyclic) bond motifs is 1. The van der Waals surface area contributed by atoms with Crippen LogP contribution in [0, 0.1) is 0 Å². The third kappa shape index (κ3) is 6.32. The lowest BCUT2D eigenvalue weighted by Crippen LogP contribution is -2.52. The molecule has 10 nitrogen and oxygen atoms in total. The maximum atomic E-state index is 13.3. The van der Waals surface area contributed by atoms with Crippen LogP contribution in [0.2, 0.25) is 0 Å². The van der Waals surface area contributed by atoms with Crippen molar-refractivity contribution >= 4 is 35.0 Å². The molecule has 3 heterocycles. The molecule has 1 saturated heterocycles. The molecule has 1 saturated carbocycles. The first-order valence-electron chi connectivity index (χ1n) is 14.6. The number of amides is 2. The molecule has 1 aromatic carbocycles. The van der Waals surface area contributed by atoms with Gasteiger partial charge in [0.05, 0.1) is 19.0 Å². The predicted molar refractivity (Wildman–Crippen MR) is 158 cm³/mol. The van der Waals surface area contributed by atoms with E-state index in [1.54, 1.807) is 43.5 Å². The van der Waals surface area contributed by atoms with E-state index in [1.807, 2.05) is 0 Å². The van der Waals surface area contributed by atoms with Crippen LogP contribution in [0.15, 0.2) is 24.4 Å². The lowest BCUT2D eigenvalue weighted by atomic mass is 10.0. The predicted octanol–water partition coefficient (Wildman–Crippen LogP) is 4.34. The van der Waals surface area contributed by atoms with Gasteiger partial charge in [-0.15, -0.1) is 0 Å². The molecule has 0 bridgehead atoms. The lowest BCUT2D eigenvalue weighted by Gasteiger charge is -2.35. The Bertz CT molecular complexity index is 1220. The molecule has 0 radical (unpaired) electrons. The van der Waals surface area contributed by atoms with Crippen LogP contribution < -0.4 is 25.2 Å². The second kappa shape index (κ2) is 12.0. The average Bonchev–Trinajstić information content (AvgIpc) is 3.44. The minimum atomic E-state index is -0.366. The molecule has 2 aromatic rings. The Balaban J connectivity index is 1.37. The number of anilines is 4. The van der Waals surface area contributed by atoms with Crippen LogP contribution in [0.4, 0.5) is 23.1 Å². The molecular formula is C30H43N7O3. The number of nitrogens with zero attached hydrogens (tertiary/aromatic N) is 5. The van der Waals surface area contributed by atoms with Gasteiger partial charge in [-0.3, -0.25) is 9.59 Å². The number of nitrogens with one attached hydrogen (secondary N) is 2. The zero-order valence-electron chi connectivity index (χ0n) is 24.3. The molecule has 2 amide bonds. The van der Waals surface area contributed by atoms with E-state index in [-0.39, 0.29) is 17.4 Å². The number of aromatic nitrogens is 2. The van der Waals surface area contributed by atoms with Gasteiger partial charge in [0, 0.05) is 43.7 Å². The highest BCUT2D eigenvalue weighted by molar-refractivity contribution is 5.98. The number of carbonyl (C=O) groups is 2. The zero-order chi connectivity index (χ0) is 28.3. The van der Waals surface area contributed by atoms with E-state index >= 15 is 0 Å². The number of benzene rings is 1. The van der Waals surface area contributed by atoms with Crippen molar-refractivity contribution in [2.75, 3.05) is 55.5 Å². The van der Waals surface area contributed by atoms with Crippen molar-refractivity contribution in [2.45, 2.75) is 76.8 Å². The van der Waals surface area contributed by atoms with Crippen molar-refractivity contribution in [3.8, 4) is 5.75 Å². The molecule has 216 valence electrons. The second-order valence-corrected chi connectivity index (χ2v) is 12.0. The van der Waals surface area contributed by atoms with Gasteiger partial charge in [-0.2, -0.15) is 4.98 Å². The van der Waals surface area contributed by atoms with Crippen LogP contribution in [-0.4, -0.2) is 78.6 Å². The molecule has 3 aliphatic rings. The molecule has 10 heteroatoms. The molecule has 1 aliphatic carbocycles. The molecule has 40 heavy (non-hydrogen) atoms. The van der Waals surface area contributed by atoms with Crippen LogP contribution in [0.5, 0.6) is 5.75 Å². The number of ether oxygens (including phenoxy) is 1. The van der Waals surface area contributed by atoms with Gasteiger partial charge in [0.15, 0.2) is 5.82 Å². The van der Waals surface area contributed by atoms with Crippen LogP contribution >= 0.6 is 0 Å². The van der Waals surface area contributed by atoms with Gasteiger partial charge >= 0.3 is 0 Å². The molecule has 2 N–H and O–H groups in total. The number of piperidine rings is 1. The van der Waals surface area contributed by atoms with Gasteiger partial charge in [0.1, 0.15) is 11.4 Å². The SMILES string of the molecule is COc1ccc(C(=O)NC(C)(C)CN2CCCCC2)cc1Nc1ncc2c(n1)N(C1CCCC1)CCC(=O)N2C. The zero-order valence-corrected chi connectivity index (χ0v) is 24.3. The quantitative estimate of drug-likeness (QED) is 0.501. The highest BCUT2D eigenvalue weighted by atomic mass is 16.5. The van der Waals surface area contributed by atoms with Crippen LogP contribution in [0.1, 0.15) is 75.6 Å². The molecule has 5 rings (SSSR count). The van der Waals surface area contributed by atoms with Gasteiger partial charge in [-0.1, -0.05) is 19.3 Å².